The van der Waals surface area contributed by atoms with Gasteiger partial charge in [-0.2, -0.15) is 4.15 Å². The topological polar surface area (TPSA) is 59.2 Å². The maximum absolute atomic E-state index is 5.52. The Morgan fingerprint density at radius 2 is 1.15 bits per heavy atom. The van der Waals surface area contributed by atoms with Gasteiger partial charge in [0.05, 0.1) is 11.4 Å². The van der Waals surface area contributed by atoms with E-state index in [0.29, 0.717) is 0 Å². The summed E-state index contributed by atoms with van der Waals surface area (Å²) in [5.41, 5.74) is 0. The van der Waals surface area contributed by atoms with Gasteiger partial charge in [-0.15, -0.1) is 11.3 Å². The van der Waals surface area contributed by atoms with Crippen molar-refractivity contribution in [2.75, 3.05) is 39.3 Å². The summed E-state index contributed by atoms with van der Waals surface area (Å²) in [6.45, 7) is 7.12. The monoisotopic (exact) mass is 435 g/mol. The Labute approximate surface area is 168 Å². The Bertz CT molecular complexity index is 579. The van der Waals surface area contributed by atoms with Crippen molar-refractivity contribution in [1.82, 2.24) is 14.0 Å². The largest absolute Gasteiger partial charge is 0.245 e. The van der Waals surface area contributed by atoms with Crippen molar-refractivity contribution in [3.8, 4) is 0 Å². The van der Waals surface area contributed by atoms with Crippen LogP contribution in [-0.4, -0.2) is 53.3 Å². The molecular weight excluding hydrogens is 405 g/mol. The fourth-order valence-electron chi connectivity index (χ4n) is 4.37. The van der Waals surface area contributed by atoms with Crippen LogP contribution in [-0.2, 0) is 22.4 Å². The fraction of sp³-hybridized carbons (Fsp3) is 1.00. The smallest absolute Gasteiger partial charge is 0.182 e. The van der Waals surface area contributed by atoms with E-state index in [1.165, 1.54) is 121 Å². The second-order valence-corrected chi connectivity index (χ2v) is 13.3. The summed E-state index contributed by atoms with van der Waals surface area (Å²) in [7, 11) is -1.91. The second kappa shape index (κ2) is 9.76. The lowest BCUT2D eigenvalue weighted by atomic mass is 10.2. The van der Waals surface area contributed by atoms with E-state index in [4.69, 9.17) is 4.15 Å². The van der Waals surface area contributed by atoms with Gasteiger partial charge in [0, 0.05) is 39.3 Å². The molecule has 11 heteroatoms. The van der Waals surface area contributed by atoms with Crippen molar-refractivity contribution < 1.29 is 0 Å². The molecule has 0 spiro atoms. The van der Waals surface area contributed by atoms with Gasteiger partial charge in [0.15, 0.2) is 18.6 Å². The van der Waals surface area contributed by atoms with E-state index >= 15 is 0 Å². The zero-order valence-electron chi connectivity index (χ0n) is 15.4. The maximum atomic E-state index is 5.52. The predicted molar refractivity (Wildman–Crippen MR) is 115 cm³/mol. The average Bonchev–Trinajstić information content (AvgIpc) is 2.75. The molecule has 0 saturated carbocycles. The first-order chi connectivity index (χ1) is 12.9. The van der Waals surface area contributed by atoms with Crippen LogP contribution in [0, 0.1) is 0 Å². The lowest BCUT2D eigenvalue weighted by molar-refractivity contribution is 0.248. The van der Waals surface area contributed by atoms with E-state index in [9.17, 15) is 0 Å². The molecule has 4 aliphatic rings. The van der Waals surface area contributed by atoms with E-state index in [-0.39, 0.29) is 0 Å². The highest BCUT2D eigenvalue weighted by atomic mass is 32.3. The van der Waals surface area contributed by atoms with Crippen molar-refractivity contribution in [2.45, 2.75) is 57.8 Å². The quantitative estimate of drug-likeness (QED) is 0.458. The normalized spacial score (nSPS) is 29.8. The van der Waals surface area contributed by atoms with Crippen LogP contribution in [0.4, 0.5) is 0 Å². The number of piperidine rings is 3. The van der Waals surface area contributed by atoms with Gasteiger partial charge in [-0.1, -0.05) is 19.3 Å². The summed E-state index contributed by atoms with van der Waals surface area (Å²) in [6.07, 6.45) is 11.9. The molecule has 7 nitrogen and oxygen atoms in total. The first-order valence-electron chi connectivity index (χ1n) is 9.98. The molecule has 0 aromatic heterocycles. The Hall–Kier alpha value is 0.430. The van der Waals surface area contributed by atoms with Crippen molar-refractivity contribution >= 4 is 42.1 Å². The van der Waals surface area contributed by atoms with Gasteiger partial charge in [0.25, 0.3) is 0 Å². The van der Waals surface area contributed by atoms with Gasteiger partial charge in [-0.3, -0.25) is 0 Å². The molecule has 4 aliphatic heterocycles. The molecule has 0 bridgehead atoms. The Morgan fingerprint density at radius 1 is 0.692 bits per heavy atom. The Morgan fingerprint density at radius 3 is 1.54 bits per heavy atom. The molecule has 4 rings (SSSR count). The highest BCUT2D eigenvalue weighted by Crippen LogP contribution is 2.62. The number of nitrogens with zero attached hydrogens (tertiary/aromatic N) is 7. The van der Waals surface area contributed by atoms with Crippen molar-refractivity contribution in [3.63, 3.8) is 0 Å². The Balaban J connectivity index is 1.80. The van der Waals surface area contributed by atoms with E-state index in [1.807, 2.05) is 0 Å². The van der Waals surface area contributed by atoms with Crippen LogP contribution in [0.5, 0.6) is 0 Å². The van der Waals surface area contributed by atoms with Crippen molar-refractivity contribution in [2.24, 2.45) is 15.5 Å². The Kier molecular flexibility index (Phi) is 7.41. The molecule has 26 heavy (non-hydrogen) atoms. The standard InChI is InChI=1S/C15H30N7PS3/c1-4-10-20(11-5-1)23(21-12-6-2-7-13-21,22-14-8-3-9-15-22)16-26-18-24-17-25-19-26/h1-15H2. The van der Waals surface area contributed by atoms with Gasteiger partial charge in [0.2, 0.25) is 0 Å². The molecule has 0 amide bonds. The van der Waals surface area contributed by atoms with Crippen LogP contribution >= 0.6 is 19.6 Å². The lowest BCUT2D eigenvalue weighted by Gasteiger charge is -2.52. The molecule has 1 atom stereocenters. The molecule has 0 radical (unpaired) electrons. The van der Waals surface area contributed by atoms with Crippen molar-refractivity contribution in [1.29, 1.82) is 0 Å². The van der Waals surface area contributed by atoms with E-state index < -0.39 is 18.6 Å². The van der Waals surface area contributed by atoms with E-state index in [2.05, 4.69) is 25.3 Å². The lowest BCUT2D eigenvalue weighted by Crippen LogP contribution is -2.46. The predicted octanol–water partition coefficient (Wildman–Crippen LogP) is 5.05. The first-order valence-corrected chi connectivity index (χ1v) is 14.1. The minimum atomic E-state index is -1.91. The summed E-state index contributed by atoms with van der Waals surface area (Å²) >= 11 is 1.98. The van der Waals surface area contributed by atoms with Crippen LogP contribution in [0.1, 0.15) is 57.8 Å². The highest BCUT2D eigenvalue weighted by molar-refractivity contribution is 8.09. The van der Waals surface area contributed by atoms with Crippen LogP contribution in [0.3, 0.4) is 0 Å². The molecule has 1 unspecified atom stereocenters. The third-order valence-electron chi connectivity index (χ3n) is 5.59. The third kappa shape index (κ3) is 4.36. The molecule has 148 valence electrons. The summed E-state index contributed by atoms with van der Waals surface area (Å²) in [6, 6.07) is 0. The number of rotatable bonds is 4. The molecule has 3 saturated heterocycles. The zero-order valence-corrected chi connectivity index (χ0v) is 18.8. The summed E-state index contributed by atoms with van der Waals surface area (Å²) in [4.78, 5) is 0. The van der Waals surface area contributed by atoms with E-state index in [1.54, 1.807) is 0 Å². The zero-order chi connectivity index (χ0) is 17.7. The SMILES string of the molecule is C1CCN(P(=NS2=NSN=S=N2)(N2CCCCC2)N2CCCCC2)CC1. The minimum absolute atomic E-state index is 0.588. The third-order valence-corrected chi connectivity index (χ3v) is 12.7. The minimum Gasteiger partial charge on any atom is -0.245 e. The number of hydrogen-bond donors (Lipinski definition) is 0. The molecule has 3 fully saturated rings. The second-order valence-electron chi connectivity index (χ2n) is 7.29. The highest BCUT2D eigenvalue weighted by Gasteiger charge is 2.42. The van der Waals surface area contributed by atoms with Gasteiger partial charge in [-0.25, -0.2) is 14.0 Å². The summed E-state index contributed by atoms with van der Waals surface area (Å²) in [5, 5.41) is 0. The molecule has 0 N–H and O–H groups in total. The van der Waals surface area contributed by atoms with Crippen LogP contribution in [0.2, 0.25) is 0 Å². The average molecular weight is 436 g/mol. The molecular formula is C15H30N7PS3. The van der Waals surface area contributed by atoms with Gasteiger partial charge in [0.1, 0.15) is 12.1 Å². The molecule has 0 aliphatic carbocycles. The van der Waals surface area contributed by atoms with E-state index in [0.717, 1.165) is 0 Å². The van der Waals surface area contributed by atoms with Crippen LogP contribution in [0.25, 0.3) is 0 Å². The number of hydrogen-bond acceptors (Lipinski definition) is 5. The summed E-state index contributed by atoms with van der Waals surface area (Å²) in [5.74, 6) is 0. The van der Waals surface area contributed by atoms with Gasteiger partial charge < -0.3 is 0 Å². The molecule has 0 aromatic rings. The van der Waals surface area contributed by atoms with Gasteiger partial charge >= 0.3 is 0 Å². The van der Waals surface area contributed by atoms with Gasteiger partial charge in [-0.05, 0) is 38.5 Å². The summed E-state index contributed by atoms with van der Waals surface area (Å²) < 4.78 is 27.1. The maximum Gasteiger partial charge on any atom is 0.182 e. The first kappa shape index (κ1) is 19.7. The molecule has 0 aromatic carbocycles. The van der Waals surface area contributed by atoms with Crippen molar-refractivity contribution in [3.05, 3.63) is 0 Å². The van der Waals surface area contributed by atoms with Crippen LogP contribution < -0.4 is 0 Å². The fourth-order valence-corrected chi connectivity index (χ4v) is 12.4. The van der Waals surface area contributed by atoms with Crippen LogP contribution in [0.15, 0.2) is 15.5 Å². The molecule has 4 heterocycles.